The second-order valence-corrected chi connectivity index (χ2v) is 18.7. The molecule has 6 aromatic rings. The normalized spacial score (nSPS) is 11.9. The second kappa shape index (κ2) is 22.2. The minimum Gasteiger partial charge on any atom is -0.478 e. The zero-order valence-electron chi connectivity index (χ0n) is 35.9. The number of aryl methyl sites for hydroxylation is 5. The highest BCUT2D eigenvalue weighted by molar-refractivity contribution is 7.93. The van der Waals surface area contributed by atoms with Crippen molar-refractivity contribution in [1.82, 2.24) is 0 Å². The molecule has 0 aliphatic rings. The Morgan fingerprint density at radius 2 is 0.836 bits per heavy atom. The maximum atomic E-state index is 13.1. The van der Waals surface area contributed by atoms with Crippen LogP contribution in [0.5, 0.6) is 0 Å². The molecule has 6 rings (SSSR count). The summed E-state index contributed by atoms with van der Waals surface area (Å²) in [4.78, 5) is 21.0. The number of para-hydroxylation sites is 2. The van der Waals surface area contributed by atoms with Crippen molar-refractivity contribution in [3.8, 4) is 0 Å². The predicted molar refractivity (Wildman–Crippen MR) is 242 cm³/mol. The number of aromatic carboxylic acids is 2. The lowest BCUT2D eigenvalue weighted by Gasteiger charge is -2.16. The van der Waals surface area contributed by atoms with E-state index in [-0.39, 0.29) is 39.9 Å². The third kappa shape index (κ3) is 14.9. The van der Waals surface area contributed by atoms with Crippen LogP contribution in [-0.2, 0) is 64.5 Å². The molecule has 0 aliphatic heterocycles. The predicted octanol–water partition coefficient (Wildman–Crippen LogP) is 11.7. The number of hydrogen-bond donors (Lipinski definition) is 4. The van der Waals surface area contributed by atoms with Crippen molar-refractivity contribution in [2.75, 3.05) is 9.44 Å². The lowest BCUT2D eigenvalue weighted by molar-refractivity contribution is -0.143. The van der Waals surface area contributed by atoms with Crippen molar-refractivity contribution < 1.29 is 63.0 Å². The first-order valence-electron chi connectivity index (χ1n) is 20.8. The van der Waals surface area contributed by atoms with Gasteiger partial charge >= 0.3 is 24.3 Å². The van der Waals surface area contributed by atoms with E-state index in [1.54, 1.807) is 54.6 Å². The topological polar surface area (TPSA) is 167 Å². The Morgan fingerprint density at radius 1 is 0.478 bits per heavy atom. The van der Waals surface area contributed by atoms with Gasteiger partial charge in [-0.05, 0) is 139 Å². The largest absolute Gasteiger partial charge is 0.478 e. The first-order chi connectivity index (χ1) is 31.6. The zero-order chi connectivity index (χ0) is 49.0. The van der Waals surface area contributed by atoms with E-state index in [0.717, 1.165) is 47.9 Å². The molecule has 0 heterocycles. The van der Waals surface area contributed by atoms with Crippen LogP contribution in [0.25, 0.3) is 0 Å². The Hall–Kier alpha value is -6.66. The molecule has 0 aromatic heterocycles. The summed E-state index contributed by atoms with van der Waals surface area (Å²) in [5, 5.41) is 17.9. The fraction of sp³-hybridized carbons (Fsp3) is 0.224. The average molecular weight is 969 g/mol. The SMILES string of the molecule is CCCc1ccc(S(=O)(=O)Nc2ccccc2CCCc2ccc(C(=O)O)cc2)cc1.O=C(O)c1ccc(CCCc2ccccc2NS(=O)(=O)c2cc(C(F)(F)F)cc(C(F)(F)F)c2)cc1. The number of benzene rings is 6. The van der Waals surface area contributed by atoms with Gasteiger partial charge < -0.3 is 10.2 Å². The lowest BCUT2D eigenvalue weighted by atomic mass is 10.0. The van der Waals surface area contributed by atoms with Gasteiger partial charge in [0.25, 0.3) is 20.0 Å². The molecule has 0 saturated carbocycles. The van der Waals surface area contributed by atoms with Crippen molar-refractivity contribution in [1.29, 1.82) is 0 Å². The highest BCUT2D eigenvalue weighted by Crippen LogP contribution is 2.38. The highest BCUT2D eigenvalue weighted by Gasteiger charge is 2.38. The van der Waals surface area contributed by atoms with Crippen LogP contribution in [0.2, 0.25) is 0 Å². The number of anilines is 2. The summed E-state index contributed by atoms with van der Waals surface area (Å²) in [7, 11) is -8.46. The van der Waals surface area contributed by atoms with Gasteiger partial charge in [-0.3, -0.25) is 9.44 Å². The van der Waals surface area contributed by atoms with Crippen LogP contribution in [0.4, 0.5) is 37.7 Å². The van der Waals surface area contributed by atoms with Gasteiger partial charge in [-0.1, -0.05) is 86.1 Å². The first kappa shape index (κ1) is 51.3. The summed E-state index contributed by atoms with van der Waals surface area (Å²) in [5.74, 6) is -2.00. The van der Waals surface area contributed by atoms with Crippen molar-refractivity contribution in [3.05, 3.63) is 190 Å². The molecular formula is C49H46F6N2O8S2. The van der Waals surface area contributed by atoms with E-state index in [4.69, 9.17) is 10.2 Å². The second-order valence-electron chi connectivity index (χ2n) is 15.4. The van der Waals surface area contributed by atoms with E-state index >= 15 is 0 Å². The van der Waals surface area contributed by atoms with Gasteiger partial charge in [-0.25, -0.2) is 26.4 Å². The molecule has 0 bridgehead atoms. The molecule has 354 valence electrons. The van der Waals surface area contributed by atoms with Gasteiger partial charge in [0.15, 0.2) is 0 Å². The standard InChI is InChI=1S/C25H27NO4S.C24H19F6NO4S/c1-2-6-19-13-17-23(18-14-19)31(29,30)26-24-10-4-3-8-21(24)9-5-7-20-11-15-22(16-12-20)25(27)28;25-23(26,27)18-12-19(24(28,29)30)14-20(13-18)36(34,35)31-21-7-2-1-5-16(21)6-3-4-15-8-10-17(11-9-15)22(32)33/h3-4,8,10-18,26H,2,5-7,9H2,1H3,(H,27,28);1-2,5,7-14,31H,3-4,6H2,(H,32,33). The first-order valence-corrected chi connectivity index (χ1v) is 23.8. The number of rotatable bonds is 18. The number of alkyl halides is 6. The quantitative estimate of drug-likeness (QED) is 0.0618. The van der Waals surface area contributed by atoms with E-state index in [0.29, 0.717) is 36.9 Å². The third-order valence-electron chi connectivity index (χ3n) is 10.4. The minimum atomic E-state index is -5.19. The van der Waals surface area contributed by atoms with E-state index in [1.165, 1.54) is 24.3 Å². The number of hydrogen-bond acceptors (Lipinski definition) is 6. The maximum absolute atomic E-state index is 13.1. The maximum Gasteiger partial charge on any atom is 0.416 e. The Bertz CT molecular complexity index is 2840. The molecular weight excluding hydrogens is 923 g/mol. The number of halogens is 6. The van der Waals surface area contributed by atoms with Crippen LogP contribution in [0.3, 0.4) is 0 Å². The fourth-order valence-corrected chi connectivity index (χ4v) is 9.15. The van der Waals surface area contributed by atoms with Gasteiger partial charge in [0.1, 0.15) is 0 Å². The van der Waals surface area contributed by atoms with Crippen molar-refractivity contribution in [2.24, 2.45) is 0 Å². The Morgan fingerprint density at radius 3 is 1.21 bits per heavy atom. The zero-order valence-corrected chi connectivity index (χ0v) is 37.5. The van der Waals surface area contributed by atoms with Crippen LogP contribution in [0.15, 0.2) is 149 Å². The van der Waals surface area contributed by atoms with Crippen LogP contribution in [-0.4, -0.2) is 39.0 Å². The van der Waals surface area contributed by atoms with Gasteiger partial charge in [0.05, 0.1) is 43.4 Å². The number of nitrogens with one attached hydrogen (secondary N) is 2. The molecule has 0 saturated heterocycles. The molecule has 0 aliphatic carbocycles. The van der Waals surface area contributed by atoms with Gasteiger partial charge in [0.2, 0.25) is 0 Å². The number of carbonyl (C=O) groups is 2. The lowest BCUT2D eigenvalue weighted by Crippen LogP contribution is -2.18. The molecule has 4 N–H and O–H groups in total. The Labute approximate surface area is 384 Å². The van der Waals surface area contributed by atoms with Gasteiger partial charge in [-0.2, -0.15) is 26.3 Å². The van der Waals surface area contributed by atoms with E-state index in [2.05, 4.69) is 16.4 Å². The van der Waals surface area contributed by atoms with E-state index < -0.39 is 60.4 Å². The van der Waals surface area contributed by atoms with Crippen LogP contribution in [0.1, 0.15) is 85.8 Å². The van der Waals surface area contributed by atoms with Crippen molar-refractivity contribution in [2.45, 2.75) is 80.4 Å². The highest BCUT2D eigenvalue weighted by atomic mass is 32.2. The molecule has 0 spiro atoms. The fourth-order valence-electron chi connectivity index (χ4n) is 6.88. The Kier molecular flexibility index (Phi) is 17.0. The summed E-state index contributed by atoms with van der Waals surface area (Å²) >= 11 is 0. The molecule has 6 aromatic carbocycles. The van der Waals surface area contributed by atoms with E-state index in [1.807, 2.05) is 42.5 Å². The molecule has 10 nitrogen and oxygen atoms in total. The molecule has 0 atom stereocenters. The average Bonchev–Trinajstić information content (AvgIpc) is 3.27. The summed E-state index contributed by atoms with van der Waals surface area (Å²) in [6.45, 7) is 2.09. The summed E-state index contributed by atoms with van der Waals surface area (Å²) in [6, 6.07) is 33.6. The van der Waals surface area contributed by atoms with Crippen LogP contribution in [0, 0.1) is 0 Å². The molecule has 0 radical (unpaired) electrons. The Balaban J connectivity index is 0.000000254. The number of sulfonamides is 2. The molecule has 0 amide bonds. The number of carboxylic acids is 2. The molecule has 18 heteroatoms. The number of carboxylic acid groups (broad SMARTS) is 2. The molecule has 0 fully saturated rings. The van der Waals surface area contributed by atoms with E-state index in [9.17, 15) is 52.8 Å². The smallest absolute Gasteiger partial charge is 0.416 e. The summed E-state index contributed by atoms with van der Waals surface area (Å²) < 4.78 is 135. The molecule has 0 unspecified atom stereocenters. The van der Waals surface area contributed by atoms with Crippen LogP contribution >= 0.6 is 0 Å². The third-order valence-corrected chi connectivity index (χ3v) is 13.1. The van der Waals surface area contributed by atoms with Crippen molar-refractivity contribution in [3.63, 3.8) is 0 Å². The molecule has 67 heavy (non-hydrogen) atoms. The van der Waals surface area contributed by atoms with Crippen molar-refractivity contribution >= 4 is 43.4 Å². The monoisotopic (exact) mass is 968 g/mol. The van der Waals surface area contributed by atoms with Gasteiger partial charge in [-0.15, -0.1) is 0 Å². The minimum absolute atomic E-state index is 0.0182. The van der Waals surface area contributed by atoms with Gasteiger partial charge in [0, 0.05) is 0 Å². The summed E-state index contributed by atoms with van der Waals surface area (Å²) in [6.07, 6.45) is -4.78. The summed E-state index contributed by atoms with van der Waals surface area (Å²) in [5.41, 5.74) is 1.94. The van der Waals surface area contributed by atoms with Crippen LogP contribution < -0.4 is 9.44 Å².